The second kappa shape index (κ2) is 7.54. The average molecular weight is 367 g/mol. The maximum Gasteiger partial charge on any atom is 0.133 e. The molecule has 0 radical (unpaired) electrons. The van der Waals surface area contributed by atoms with E-state index in [1.807, 2.05) is 0 Å². The first-order valence-corrected chi connectivity index (χ1v) is 11.5. The summed E-state index contributed by atoms with van der Waals surface area (Å²) in [4.78, 5) is 0. The van der Waals surface area contributed by atoms with Gasteiger partial charge in [-0.15, -0.1) is 0 Å². The van der Waals surface area contributed by atoms with E-state index >= 15 is 0 Å². The van der Waals surface area contributed by atoms with Crippen LogP contribution in [0.3, 0.4) is 0 Å². The number of benzene rings is 3. The maximum absolute atomic E-state index is 2.42. The third kappa shape index (κ3) is 3.61. The van der Waals surface area contributed by atoms with Gasteiger partial charge in [0, 0.05) is 0 Å². The van der Waals surface area contributed by atoms with Gasteiger partial charge in [-0.2, -0.15) is 0 Å². The molecule has 0 saturated carbocycles. The molecular formula is C26H26Si. The summed E-state index contributed by atoms with van der Waals surface area (Å²) in [6, 6.07) is 29.2. The molecule has 4 rings (SSSR count). The molecule has 1 heteroatoms. The second-order valence-electron chi connectivity index (χ2n) is 7.61. The van der Waals surface area contributed by atoms with Gasteiger partial charge in [0.05, 0.1) is 0 Å². The van der Waals surface area contributed by atoms with Crippen LogP contribution in [0.15, 0.2) is 95.7 Å². The smallest absolute Gasteiger partial charge is 0.0773 e. The monoisotopic (exact) mass is 366 g/mol. The normalized spacial score (nSPS) is 14.0. The van der Waals surface area contributed by atoms with Gasteiger partial charge in [0.1, 0.15) is 8.80 Å². The third-order valence-corrected chi connectivity index (χ3v) is 8.97. The molecule has 0 fully saturated rings. The summed E-state index contributed by atoms with van der Waals surface area (Å²) in [7, 11) is -1.51. The Morgan fingerprint density at radius 3 is 1.70 bits per heavy atom. The van der Waals surface area contributed by atoms with Crippen molar-refractivity contribution in [2.45, 2.75) is 27.2 Å². The van der Waals surface area contributed by atoms with E-state index in [0.717, 1.165) is 6.42 Å². The molecule has 0 atom stereocenters. The van der Waals surface area contributed by atoms with Crippen LogP contribution in [0, 0.1) is 13.8 Å². The largest absolute Gasteiger partial charge is 0.133 e. The minimum Gasteiger partial charge on any atom is -0.0773 e. The summed E-state index contributed by atoms with van der Waals surface area (Å²) < 4.78 is 0. The van der Waals surface area contributed by atoms with Gasteiger partial charge in [-0.3, -0.25) is 0 Å². The van der Waals surface area contributed by atoms with Gasteiger partial charge >= 0.3 is 0 Å². The Bertz CT molecular complexity index is 951. The second-order valence-corrected chi connectivity index (χ2v) is 10.4. The van der Waals surface area contributed by atoms with Crippen molar-refractivity contribution in [1.29, 1.82) is 0 Å². The Kier molecular flexibility index (Phi) is 4.96. The fourth-order valence-corrected chi connectivity index (χ4v) is 7.83. The minimum atomic E-state index is -1.51. The van der Waals surface area contributed by atoms with Gasteiger partial charge in [-0.05, 0) is 43.5 Å². The highest BCUT2D eigenvalue weighted by Gasteiger charge is 2.28. The molecule has 0 unspecified atom stereocenters. The van der Waals surface area contributed by atoms with E-state index in [1.54, 1.807) is 5.20 Å². The van der Waals surface area contributed by atoms with Crippen molar-refractivity contribution in [3.05, 3.63) is 112 Å². The lowest BCUT2D eigenvalue weighted by Gasteiger charge is -2.22. The summed E-state index contributed by atoms with van der Waals surface area (Å²) in [5.41, 5.74) is 7.09. The number of aryl methyl sites for hydroxylation is 2. The molecule has 0 bridgehead atoms. The first-order chi connectivity index (χ1) is 13.1. The lowest BCUT2D eigenvalue weighted by Crippen LogP contribution is -2.44. The molecule has 134 valence electrons. The summed E-state index contributed by atoms with van der Waals surface area (Å²) in [5.74, 6) is 0. The lowest BCUT2D eigenvalue weighted by molar-refractivity contribution is 1.34. The van der Waals surface area contributed by atoms with Crippen LogP contribution in [0.2, 0.25) is 0 Å². The van der Waals surface area contributed by atoms with E-state index in [9.17, 15) is 0 Å². The zero-order valence-electron chi connectivity index (χ0n) is 16.4. The Balaban J connectivity index is 1.94. The Hall–Kier alpha value is -2.64. The predicted octanol–water partition coefficient (Wildman–Crippen LogP) is 4.99. The van der Waals surface area contributed by atoms with Crippen molar-refractivity contribution in [3.8, 4) is 0 Å². The van der Waals surface area contributed by atoms with Crippen molar-refractivity contribution in [1.82, 2.24) is 0 Å². The molecule has 27 heavy (non-hydrogen) atoms. The van der Waals surface area contributed by atoms with Crippen LogP contribution >= 0.6 is 0 Å². The fraction of sp³-hybridized carbons (Fsp3) is 0.154. The third-order valence-electron chi connectivity index (χ3n) is 5.49. The highest BCUT2D eigenvalue weighted by Crippen LogP contribution is 2.35. The van der Waals surface area contributed by atoms with Gasteiger partial charge in [0.25, 0.3) is 0 Å². The lowest BCUT2D eigenvalue weighted by atomic mass is 10.00. The Morgan fingerprint density at radius 2 is 1.19 bits per heavy atom. The molecule has 1 aliphatic rings. The molecular weight excluding hydrogens is 340 g/mol. The molecule has 0 N–H and O–H groups in total. The number of allylic oxidation sites excluding steroid dienone is 4. The van der Waals surface area contributed by atoms with Crippen molar-refractivity contribution >= 4 is 24.7 Å². The first kappa shape index (κ1) is 17.8. The van der Waals surface area contributed by atoms with Gasteiger partial charge in [0.15, 0.2) is 0 Å². The van der Waals surface area contributed by atoms with Crippen LogP contribution in [0.5, 0.6) is 0 Å². The predicted molar refractivity (Wildman–Crippen MR) is 121 cm³/mol. The van der Waals surface area contributed by atoms with E-state index in [2.05, 4.69) is 106 Å². The van der Waals surface area contributed by atoms with Crippen LogP contribution in [0.1, 0.15) is 30.0 Å². The van der Waals surface area contributed by atoms with Crippen LogP contribution in [-0.4, -0.2) is 8.80 Å². The molecule has 0 saturated heterocycles. The van der Waals surface area contributed by atoms with Crippen molar-refractivity contribution in [2.75, 3.05) is 0 Å². The van der Waals surface area contributed by atoms with Crippen LogP contribution in [0.4, 0.5) is 0 Å². The van der Waals surface area contributed by atoms with E-state index in [0.29, 0.717) is 0 Å². The average Bonchev–Trinajstić information content (AvgIpc) is 3.04. The summed E-state index contributed by atoms with van der Waals surface area (Å²) in [5, 5.41) is 4.60. The van der Waals surface area contributed by atoms with E-state index in [-0.39, 0.29) is 0 Å². The number of hydrogen-bond donors (Lipinski definition) is 0. The van der Waals surface area contributed by atoms with Crippen LogP contribution in [-0.2, 0) is 0 Å². The molecule has 1 aliphatic carbocycles. The summed E-state index contributed by atoms with van der Waals surface area (Å²) in [6.45, 7) is 6.71. The quantitative estimate of drug-likeness (QED) is 0.571. The topological polar surface area (TPSA) is 0 Å². The zero-order valence-corrected chi connectivity index (χ0v) is 17.5. The van der Waals surface area contributed by atoms with E-state index < -0.39 is 8.80 Å². The Labute approximate surface area is 164 Å². The highest BCUT2D eigenvalue weighted by atomic mass is 28.3. The molecule has 0 amide bonds. The summed E-state index contributed by atoms with van der Waals surface area (Å²) >= 11 is 0. The van der Waals surface area contributed by atoms with E-state index in [4.69, 9.17) is 0 Å². The zero-order chi connectivity index (χ0) is 18.8. The fourth-order valence-electron chi connectivity index (χ4n) is 4.35. The molecule has 3 aromatic carbocycles. The Morgan fingerprint density at radius 1 is 0.667 bits per heavy atom. The van der Waals surface area contributed by atoms with Crippen LogP contribution in [0.25, 0.3) is 5.57 Å². The molecule has 0 aliphatic heterocycles. The molecule has 3 aromatic rings. The van der Waals surface area contributed by atoms with E-state index in [1.165, 1.54) is 38.2 Å². The highest BCUT2D eigenvalue weighted by molar-refractivity contribution is 6.92. The van der Waals surface area contributed by atoms with Gasteiger partial charge in [0.2, 0.25) is 0 Å². The first-order valence-electron chi connectivity index (χ1n) is 9.72. The summed E-state index contributed by atoms with van der Waals surface area (Å²) in [6.07, 6.45) is 3.47. The SMILES string of the molecule is CC1=CCC(c2cc(C)cc(C)c2)=C1[SiH](c1ccccc1)c1ccccc1. The van der Waals surface area contributed by atoms with Gasteiger partial charge in [-0.25, -0.2) is 0 Å². The van der Waals surface area contributed by atoms with Crippen molar-refractivity contribution in [2.24, 2.45) is 0 Å². The molecule has 0 aromatic heterocycles. The van der Waals surface area contributed by atoms with Gasteiger partial charge in [-0.1, -0.05) is 112 Å². The molecule has 0 heterocycles. The van der Waals surface area contributed by atoms with Crippen LogP contribution < -0.4 is 10.4 Å². The maximum atomic E-state index is 2.42. The standard InChI is InChI=1S/C26H26Si/c1-19-16-20(2)18-22(17-19)25-15-14-21(3)26(25)27(23-10-6-4-7-11-23)24-12-8-5-9-13-24/h4-14,16-18,27H,15H2,1-3H3. The van der Waals surface area contributed by atoms with Gasteiger partial charge < -0.3 is 0 Å². The molecule has 0 nitrogen and oxygen atoms in total. The number of rotatable bonds is 4. The van der Waals surface area contributed by atoms with Crippen molar-refractivity contribution in [3.63, 3.8) is 0 Å². The molecule has 0 spiro atoms. The number of hydrogen-bond acceptors (Lipinski definition) is 0. The minimum absolute atomic E-state index is 1.05. The van der Waals surface area contributed by atoms with Crippen molar-refractivity contribution < 1.29 is 0 Å².